The molecule has 1 heterocycles. The molecule has 0 bridgehead atoms. The highest BCUT2D eigenvalue weighted by Crippen LogP contribution is 2.22. The van der Waals surface area contributed by atoms with Crippen molar-refractivity contribution in [2.45, 2.75) is 59.4 Å². The van der Waals surface area contributed by atoms with Gasteiger partial charge in [0.1, 0.15) is 0 Å². The molecule has 1 fully saturated rings. The number of nitrogens with one attached hydrogen (secondary N) is 1. The zero-order chi connectivity index (χ0) is 12.7. The summed E-state index contributed by atoms with van der Waals surface area (Å²) in [5.74, 6) is 1.82. The fraction of sp³-hybridized carbons (Fsp3) is 1.00. The molecule has 0 spiro atoms. The zero-order valence-electron chi connectivity index (χ0n) is 12.3. The number of nitrogens with zero attached hydrogens (tertiary/aromatic N) is 1. The normalized spacial score (nSPS) is 28.2. The SMILES string of the molecule is CCNC(CC)CCCN1CCC(C)C(C)C1. The first kappa shape index (κ1) is 15.0. The van der Waals surface area contributed by atoms with E-state index in [1.54, 1.807) is 0 Å². The molecule has 0 radical (unpaired) electrons. The molecule has 102 valence electrons. The molecule has 1 saturated heterocycles. The Hall–Kier alpha value is -0.0800. The Morgan fingerprint density at radius 2 is 2.00 bits per heavy atom. The molecule has 1 aliphatic rings. The van der Waals surface area contributed by atoms with Gasteiger partial charge in [0.2, 0.25) is 0 Å². The molecule has 0 aromatic carbocycles. The van der Waals surface area contributed by atoms with E-state index >= 15 is 0 Å². The summed E-state index contributed by atoms with van der Waals surface area (Å²) in [6, 6.07) is 0.737. The van der Waals surface area contributed by atoms with E-state index in [1.165, 1.54) is 45.3 Å². The van der Waals surface area contributed by atoms with Crippen LogP contribution in [0.15, 0.2) is 0 Å². The number of rotatable bonds is 7. The second kappa shape index (κ2) is 8.10. The van der Waals surface area contributed by atoms with E-state index in [0.717, 1.165) is 24.4 Å². The Balaban J connectivity index is 2.14. The van der Waals surface area contributed by atoms with Crippen LogP contribution in [0.1, 0.15) is 53.4 Å². The van der Waals surface area contributed by atoms with Crippen molar-refractivity contribution in [3.05, 3.63) is 0 Å². The van der Waals surface area contributed by atoms with E-state index < -0.39 is 0 Å². The van der Waals surface area contributed by atoms with Crippen LogP contribution in [0.25, 0.3) is 0 Å². The van der Waals surface area contributed by atoms with Crippen molar-refractivity contribution in [1.82, 2.24) is 10.2 Å². The maximum absolute atomic E-state index is 3.57. The molecule has 1 N–H and O–H groups in total. The predicted octanol–water partition coefficient (Wildman–Crippen LogP) is 3.13. The van der Waals surface area contributed by atoms with Gasteiger partial charge in [0.15, 0.2) is 0 Å². The van der Waals surface area contributed by atoms with Gasteiger partial charge in [0, 0.05) is 12.6 Å². The van der Waals surface area contributed by atoms with Gasteiger partial charge in [-0.3, -0.25) is 0 Å². The maximum Gasteiger partial charge on any atom is 0.00647 e. The fourth-order valence-electron chi connectivity index (χ4n) is 2.85. The molecule has 2 heteroatoms. The van der Waals surface area contributed by atoms with Gasteiger partial charge in [0.05, 0.1) is 0 Å². The maximum atomic E-state index is 3.57. The summed E-state index contributed by atoms with van der Waals surface area (Å²) in [6.07, 6.45) is 5.35. The standard InChI is InChI=1S/C15H32N2/c1-5-15(16-6-2)8-7-10-17-11-9-13(3)14(4)12-17/h13-16H,5-12H2,1-4H3. The van der Waals surface area contributed by atoms with E-state index in [4.69, 9.17) is 0 Å². The van der Waals surface area contributed by atoms with Crippen molar-refractivity contribution in [2.24, 2.45) is 11.8 Å². The molecule has 3 atom stereocenters. The largest absolute Gasteiger partial charge is 0.314 e. The lowest BCUT2D eigenvalue weighted by Gasteiger charge is -2.35. The van der Waals surface area contributed by atoms with Crippen molar-refractivity contribution in [2.75, 3.05) is 26.2 Å². The molecule has 0 aliphatic carbocycles. The summed E-state index contributed by atoms with van der Waals surface area (Å²) in [4.78, 5) is 2.67. The summed E-state index contributed by atoms with van der Waals surface area (Å²) in [5, 5.41) is 3.57. The third kappa shape index (κ3) is 5.39. The smallest absolute Gasteiger partial charge is 0.00647 e. The monoisotopic (exact) mass is 240 g/mol. The lowest BCUT2D eigenvalue weighted by Crippen LogP contribution is -2.39. The summed E-state index contributed by atoms with van der Waals surface area (Å²) in [7, 11) is 0. The predicted molar refractivity (Wildman–Crippen MR) is 76.4 cm³/mol. The summed E-state index contributed by atoms with van der Waals surface area (Å²) in [6.45, 7) is 14.4. The van der Waals surface area contributed by atoms with Crippen LogP contribution >= 0.6 is 0 Å². The highest BCUT2D eigenvalue weighted by molar-refractivity contribution is 4.75. The third-order valence-corrected chi connectivity index (χ3v) is 4.43. The molecule has 0 saturated carbocycles. The lowest BCUT2D eigenvalue weighted by atomic mass is 9.88. The van der Waals surface area contributed by atoms with Crippen LogP contribution in [0.3, 0.4) is 0 Å². The molecule has 0 aromatic rings. The van der Waals surface area contributed by atoms with Gasteiger partial charge in [0.25, 0.3) is 0 Å². The molecule has 1 aliphatic heterocycles. The number of piperidine rings is 1. The molecular weight excluding hydrogens is 208 g/mol. The average Bonchev–Trinajstić information content (AvgIpc) is 2.32. The van der Waals surface area contributed by atoms with Crippen molar-refractivity contribution < 1.29 is 0 Å². The van der Waals surface area contributed by atoms with E-state index in [0.29, 0.717) is 0 Å². The Morgan fingerprint density at radius 3 is 2.59 bits per heavy atom. The molecule has 0 amide bonds. The number of likely N-dealkylation sites (tertiary alicyclic amines) is 1. The van der Waals surface area contributed by atoms with Crippen molar-refractivity contribution in [1.29, 1.82) is 0 Å². The molecular formula is C15H32N2. The van der Waals surface area contributed by atoms with Gasteiger partial charge >= 0.3 is 0 Å². The van der Waals surface area contributed by atoms with E-state index in [-0.39, 0.29) is 0 Å². The number of hydrogen-bond acceptors (Lipinski definition) is 2. The van der Waals surface area contributed by atoms with Crippen LogP contribution in [-0.2, 0) is 0 Å². The number of hydrogen-bond donors (Lipinski definition) is 1. The second-order valence-corrected chi connectivity index (χ2v) is 5.85. The van der Waals surface area contributed by atoms with Crippen LogP contribution < -0.4 is 5.32 Å². The molecule has 17 heavy (non-hydrogen) atoms. The van der Waals surface area contributed by atoms with Gasteiger partial charge in [-0.15, -0.1) is 0 Å². The van der Waals surface area contributed by atoms with Gasteiger partial charge in [-0.25, -0.2) is 0 Å². The van der Waals surface area contributed by atoms with Crippen LogP contribution in [0.5, 0.6) is 0 Å². The van der Waals surface area contributed by atoms with Crippen LogP contribution in [-0.4, -0.2) is 37.1 Å². The minimum Gasteiger partial charge on any atom is -0.314 e. The lowest BCUT2D eigenvalue weighted by molar-refractivity contribution is 0.135. The Kier molecular flexibility index (Phi) is 7.14. The quantitative estimate of drug-likeness (QED) is 0.735. The van der Waals surface area contributed by atoms with Gasteiger partial charge in [-0.2, -0.15) is 0 Å². The van der Waals surface area contributed by atoms with E-state index in [9.17, 15) is 0 Å². The Bertz CT molecular complexity index is 193. The van der Waals surface area contributed by atoms with Gasteiger partial charge in [-0.05, 0) is 57.2 Å². The molecule has 2 nitrogen and oxygen atoms in total. The van der Waals surface area contributed by atoms with Crippen molar-refractivity contribution >= 4 is 0 Å². The van der Waals surface area contributed by atoms with Crippen molar-refractivity contribution in [3.63, 3.8) is 0 Å². The molecule has 1 rings (SSSR count). The average molecular weight is 240 g/mol. The Labute approximate surface area is 108 Å². The highest BCUT2D eigenvalue weighted by Gasteiger charge is 2.22. The third-order valence-electron chi connectivity index (χ3n) is 4.43. The van der Waals surface area contributed by atoms with E-state index in [1.807, 2.05) is 0 Å². The first-order valence-corrected chi connectivity index (χ1v) is 7.63. The zero-order valence-corrected chi connectivity index (χ0v) is 12.3. The van der Waals surface area contributed by atoms with Crippen molar-refractivity contribution in [3.8, 4) is 0 Å². The first-order valence-electron chi connectivity index (χ1n) is 7.63. The molecule has 0 aromatic heterocycles. The summed E-state index contributed by atoms with van der Waals surface area (Å²) >= 11 is 0. The Morgan fingerprint density at radius 1 is 1.24 bits per heavy atom. The van der Waals surface area contributed by atoms with Gasteiger partial charge < -0.3 is 10.2 Å². The first-order chi connectivity index (χ1) is 8.17. The fourth-order valence-corrected chi connectivity index (χ4v) is 2.85. The summed E-state index contributed by atoms with van der Waals surface area (Å²) in [5.41, 5.74) is 0. The van der Waals surface area contributed by atoms with Gasteiger partial charge in [-0.1, -0.05) is 27.7 Å². The van der Waals surface area contributed by atoms with Crippen LogP contribution in [0.4, 0.5) is 0 Å². The van der Waals surface area contributed by atoms with Crippen LogP contribution in [0.2, 0.25) is 0 Å². The topological polar surface area (TPSA) is 15.3 Å². The van der Waals surface area contributed by atoms with Crippen LogP contribution in [0, 0.1) is 11.8 Å². The minimum absolute atomic E-state index is 0.737. The second-order valence-electron chi connectivity index (χ2n) is 5.85. The molecule has 3 unspecified atom stereocenters. The highest BCUT2D eigenvalue weighted by atomic mass is 15.1. The summed E-state index contributed by atoms with van der Waals surface area (Å²) < 4.78 is 0. The van der Waals surface area contributed by atoms with E-state index in [2.05, 4.69) is 37.9 Å². The minimum atomic E-state index is 0.737.